The van der Waals surface area contributed by atoms with Crippen LogP contribution >= 0.6 is 0 Å². The van der Waals surface area contributed by atoms with Crippen molar-refractivity contribution in [1.82, 2.24) is 4.90 Å². The second kappa shape index (κ2) is 26.6. The summed E-state index contributed by atoms with van der Waals surface area (Å²) in [5.74, 6) is 0. The van der Waals surface area contributed by atoms with Crippen molar-refractivity contribution in [2.45, 2.75) is 80.5 Å². The van der Waals surface area contributed by atoms with Gasteiger partial charge in [-0.05, 0) is 57.7 Å². The normalized spacial score (nSPS) is 12.9. The second-order valence-electron chi connectivity index (χ2n) is 8.95. The smallest absolute Gasteiger partial charge is 0.0679 e. The molecule has 0 aromatic heterocycles. The van der Waals surface area contributed by atoms with Gasteiger partial charge in [0, 0.05) is 19.6 Å². The number of aliphatic hydroxyl groups is 1. The Hall–Kier alpha value is -2.98. The Morgan fingerprint density at radius 1 is 1.00 bits per heavy atom. The molecule has 0 heterocycles. The maximum atomic E-state index is 10.1. The van der Waals surface area contributed by atoms with E-state index in [9.17, 15) is 5.11 Å². The fraction of sp³-hybridized carbons (Fsp3) is 0.389. The van der Waals surface area contributed by atoms with E-state index in [2.05, 4.69) is 60.9 Å². The third-order valence-electron chi connectivity index (χ3n) is 5.46. The topological polar surface area (TPSA) is 49.5 Å². The molecule has 3 heteroatoms. The van der Waals surface area contributed by atoms with Crippen LogP contribution in [0.5, 0.6) is 0 Å². The highest BCUT2D eigenvalue weighted by molar-refractivity contribution is 5.20. The number of hydrogen-bond donors (Lipinski definition) is 2. The van der Waals surface area contributed by atoms with Gasteiger partial charge in [0.2, 0.25) is 0 Å². The van der Waals surface area contributed by atoms with E-state index in [0.29, 0.717) is 19.5 Å². The molecule has 3 rings (SSSR count). The molecule has 1 atom stereocenters. The molecule has 3 N–H and O–H groups in total. The molecule has 0 fully saturated rings. The van der Waals surface area contributed by atoms with Crippen LogP contribution in [0.25, 0.3) is 0 Å². The van der Waals surface area contributed by atoms with Crippen molar-refractivity contribution in [3.8, 4) is 0 Å². The van der Waals surface area contributed by atoms with E-state index in [1.807, 2.05) is 82.3 Å². The summed E-state index contributed by atoms with van der Waals surface area (Å²) in [5.41, 5.74) is 10.7. The van der Waals surface area contributed by atoms with E-state index in [4.69, 9.17) is 5.73 Å². The summed E-state index contributed by atoms with van der Waals surface area (Å²) < 4.78 is 0. The van der Waals surface area contributed by atoms with Gasteiger partial charge in [0.1, 0.15) is 0 Å². The Morgan fingerprint density at radius 2 is 1.54 bits per heavy atom. The molecule has 216 valence electrons. The maximum absolute atomic E-state index is 10.1. The van der Waals surface area contributed by atoms with E-state index in [-0.39, 0.29) is 13.5 Å². The van der Waals surface area contributed by atoms with Crippen LogP contribution in [-0.2, 0) is 13.1 Å². The molecule has 0 radical (unpaired) electrons. The van der Waals surface area contributed by atoms with Crippen LogP contribution in [0.2, 0.25) is 0 Å². The molecule has 0 bridgehead atoms. The van der Waals surface area contributed by atoms with Crippen LogP contribution in [0.1, 0.15) is 72.4 Å². The fourth-order valence-electron chi connectivity index (χ4n) is 3.70. The van der Waals surface area contributed by atoms with Crippen LogP contribution < -0.4 is 5.73 Å². The summed E-state index contributed by atoms with van der Waals surface area (Å²) in [7, 11) is 0. The number of nitrogens with zero attached hydrogens (tertiary/aromatic N) is 1. The van der Waals surface area contributed by atoms with Crippen molar-refractivity contribution >= 4 is 0 Å². The molecule has 1 aliphatic rings. The lowest BCUT2D eigenvalue weighted by Gasteiger charge is -2.25. The molecule has 3 nitrogen and oxygen atoms in total. The minimum Gasteiger partial charge on any atom is -0.392 e. The van der Waals surface area contributed by atoms with Crippen molar-refractivity contribution in [3.05, 3.63) is 132 Å². The zero-order valence-corrected chi connectivity index (χ0v) is 24.5. The standard InChI is InChI=1S/C18H24N2O.C8H12.C7H10.C2H6.CH4/c19-12-11-18(21)15-20(13-16-7-3-1-4-8-16)14-17-9-5-2-6-10-17;1-4-6-8(3)7-5-2;1-7-5-3-2-4-6-7;1-2;/h1-10,18,21H,11-15,19H2;4-7H,1H2,2-3H3;3,5-6H,2,4H2,1H3;1-2H3;1H4/b;7-5-,8-6-;;;. The molecule has 0 saturated heterocycles. The van der Waals surface area contributed by atoms with Gasteiger partial charge in [0.15, 0.2) is 0 Å². The van der Waals surface area contributed by atoms with Gasteiger partial charge in [0.05, 0.1) is 6.10 Å². The van der Waals surface area contributed by atoms with Gasteiger partial charge in [-0.1, -0.05) is 142 Å². The third-order valence-corrected chi connectivity index (χ3v) is 5.46. The van der Waals surface area contributed by atoms with Gasteiger partial charge in [-0.3, -0.25) is 4.90 Å². The zero-order chi connectivity index (χ0) is 28.4. The number of nitrogens with two attached hydrogens (primary N) is 1. The lowest BCUT2D eigenvalue weighted by Crippen LogP contribution is -2.32. The van der Waals surface area contributed by atoms with Crippen LogP contribution in [0.4, 0.5) is 0 Å². The Labute approximate surface area is 241 Å². The summed E-state index contributed by atoms with van der Waals surface area (Å²) in [6.45, 7) is 16.6. The predicted molar refractivity (Wildman–Crippen MR) is 176 cm³/mol. The molecule has 2 aromatic carbocycles. The predicted octanol–water partition coefficient (Wildman–Crippen LogP) is 9.04. The van der Waals surface area contributed by atoms with E-state index < -0.39 is 0 Å². The van der Waals surface area contributed by atoms with Gasteiger partial charge >= 0.3 is 0 Å². The number of allylic oxidation sites excluding steroid dienone is 9. The first-order chi connectivity index (χ1) is 18.5. The molecule has 39 heavy (non-hydrogen) atoms. The number of benzene rings is 2. The summed E-state index contributed by atoms with van der Waals surface area (Å²) in [5, 5.41) is 10.1. The van der Waals surface area contributed by atoms with E-state index in [1.54, 1.807) is 6.08 Å². The molecule has 0 spiro atoms. The minimum absolute atomic E-state index is 0. The molecule has 1 unspecified atom stereocenters. The van der Waals surface area contributed by atoms with Crippen LogP contribution in [0.15, 0.2) is 121 Å². The van der Waals surface area contributed by atoms with Gasteiger partial charge in [-0.25, -0.2) is 0 Å². The molecule has 2 aromatic rings. The van der Waals surface area contributed by atoms with Crippen molar-refractivity contribution < 1.29 is 5.11 Å². The van der Waals surface area contributed by atoms with Crippen molar-refractivity contribution in [2.24, 2.45) is 5.73 Å². The quantitative estimate of drug-likeness (QED) is 0.300. The van der Waals surface area contributed by atoms with Gasteiger partial charge < -0.3 is 10.8 Å². The largest absolute Gasteiger partial charge is 0.392 e. The Morgan fingerprint density at radius 3 is 1.90 bits per heavy atom. The first-order valence-corrected chi connectivity index (χ1v) is 13.9. The maximum Gasteiger partial charge on any atom is 0.0679 e. The SMILES string of the molecule is C.C=C/C=C(C)\C=C/C.CC.CC1=CCCC=C1.NCCC(O)CN(Cc1ccccc1)Cc1ccccc1. The fourth-order valence-corrected chi connectivity index (χ4v) is 3.70. The summed E-state index contributed by atoms with van der Waals surface area (Å²) >= 11 is 0. The van der Waals surface area contributed by atoms with Crippen LogP contribution in [0, 0.1) is 0 Å². The van der Waals surface area contributed by atoms with E-state index in [1.165, 1.54) is 35.1 Å². The summed E-state index contributed by atoms with van der Waals surface area (Å²) in [6.07, 6.45) is 17.2. The second-order valence-corrected chi connectivity index (χ2v) is 8.95. The summed E-state index contributed by atoms with van der Waals surface area (Å²) in [4.78, 5) is 2.27. The van der Waals surface area contributed by atoms with Crippen LogP contribution in [-0.4, -0.2) is 29.2 Å². The molecular weight excluding hydrogens is 476 g/mol. The lowest BCUT2D eigenvalue weighted by molar-refractivity contribution is 0.0995. The number of aliphatic hydroxyl groups excluding tert-OH is 1. The average Bonchev–Trinajstić information content (AvgIpc) is 2.93. The third kappa shape index (κ3) is 21.6. The summed E-state index contributed by atoms with van der Waals surface area (Å²) in [6, 6.07) is 20.7. The monoisotopic (exact) mass is 532 g/mol. The van der Waals surface area contributed by atoms with Crippen molar-refractivity contribution in [1.29, 1.82) is 0 Å². The van der Waals surface area contributed by atoms with Gasteiger partial charge in [-0.15, -0.1) is 0 Å². The van der Waals surface area contributed by atoms with Gasteiger partial charge in [-0.2, -0.15) is 0 Å². The molecule has 1 aliphatic carbocycles. The molecule has 0 aliphatic heterocycles. The van der Waals surface area contributed by atoms with Crippen LogP contribution in [0.3, 0.4) is 0 Å². The Bertz CT molecular complexity index is 901. The van der Waals surface area contributed by atoms with E-state index >= 15 is 0 Å². The first-order valence-electron chi connectivity index (χ1n) is 13.9. The minimum atomic E-state index is -0.373. The van der Waals surface area contributed by atoms with Gasteiger partial charge in [0.25, 0.3) is 0 Å². The van der Waals surface area contributed by atoms with Crippen molar-refractivity contribution in [3.63, 3.8) is 0 Å². The molecule has 0 amide bonds. The molecular formula is C36H56N2O. The Balaban J connectivity index is 0. The van der Waals surface area contributed by atoms with E-state index in [0.717, 1.165) is 13.1 Å². The molecule has 0 saturated carbocycles. The number of rotatable bonds is 10. The first kappa shape index (κ1) is 38.2. The average molecular weight is 533 g/mol. The highest BCUT2D eigenvalue weighted by Crippen LogP contribution is 2.11. The Kier molecular flexibility index (Phi) is 26.1. The van der Waals surface area contributed by atoms with Crippen molar-refractivity contribution in [2.75, 3.05) is 13.1 Å². The zero-order valence-electron chi connectivity index (χ0n) is 24.5. The highest BCUT2D eigenvalue weighted by Gasteiger charge is 2.12. The highest BCUT2D eigenvalue weighted by atomic mass is 16.3. The number of hydrogen-bond acceptors (Lipinski definition) is 3. The lowest BCUT2D eigenvalue weighted by atomic mass is 10.1.